The van der Waals surface area contributed by atoms with Crippen molar-refractivity contribution < 1.29 is 57.2 Å². The van der Waals surface area contributed by atoms with Crippen molar-refractivity contribution in [1.29, 1.82) is 0 Å². The Balaban J connectivity index is 1.51. The van der Waals surface area contributed by atoms with Crippen LogP contribution in [0, 0.1) is 0 Å². The normalized spacial score (nSPS) is 12.6. The lowest BCUT2D eigenvalue weighted by atomic mass is 10.0. The zero-order chi connectivity index (χ0) is 47.3. The molecule has 0 saturated heterocycles. The van der Waals surface area contributed by atoms with Crippen LogP contribution in [-0.2, 0) is 28.4 Å². The lowest BCUT2D eigenvalue weighted by molar-refractivity contribution is -0.138. The molecule has 18 heteroatoms. The summed E-state index contributed by atoms with van der Waals surface area (Å²) in [5.74, 6) is -6.22. The Hall–Kier alpha value is -6.12. The van der Waals surface area contributed by atoms with Gasteiger partial charge < -0.3 is 28.4 Å². The summed E-state index contributed by atoms with van der Waals surface area (Å²) in [6.07, 6.45) is -7.97. The molecule has 12 nitrogen and oxygen atoms in total. The molecule has 0 heterocycles. The molecule has 0 radical (unpaired) electrons. The number of esters is 6. The van der Waals surface area contributed by atoms with Crippen LogP contribution < -0.4 is 0 Å². The summed E-state index contributed by atoms with van der Waals surface area (Å²) in [7, 11) is 0. The smallest absolute Gasteiger partial charge is 0.338 e. The van der Waals surface area contributed by atoms with Gasteiger partial charge in [0, 0.05) is 30.1 Å². The molecule has 4 atom stereocenters. The van der Waals surface area contributed by atoms with Crippen molar-refractivity contribution in [1.82, 2.24) is 0 Å². The van der Waals surface area contributed by atoms with E-state index in [2.05, 4.69) is 0 Å². The Kier molecular flexibility index (Phi) is 17.5. The molecular formula is C48H32Cl6O12. The quantitative estimate of drug-likeness (QED) is 0.0630. The van der Waals surface area contributed by atoms with Crippen LogP contribution in [0.3, 0.4) is 0 Å². The van der Waals surface area contributed by atoms with Gasteiger partial charge >= 0.3 is 35.8 Å². The van der Waals surface area contributed by atoms with Gasteiger partial charge in [0.25, 0.3) is 0 Å². The van der Waals surface area contributed by atoms with Gasteiger partial charge in [0.15, 0.2) is 24.4 Å². The van der Waals surface area contributed by atoms with Crippen LogP contribution in [0.5, 0.6) is 0 Å². The number of hydrogen-bond acceptors (Lipinski definition) is 12. The second-order valence-electron chi connectivity index (χ2n) is 13.9. The van der Waals surface area contributed by atoms with Crippen LogP contribution in [0.2, 0.25) is 30.1 Å². The molecule has 6 rings (SSSR count). The Morgan fingerprint density at radius 1 is 0.288 bits per heavy atom. The molecule has 0 aliphatic carbocycles. The minimum atomic E-state index is -2.07. The van der Waals surface area contributed by atoms with Gasteiger partial charge in [-0.05, 0) is 146 Å². The van der Waals surface area contributed by atoms with E-state index in [1.807, 2.05) is 0 Å². The van der Waals surface area contributed by atoms with Crippen molar-refractivity contribution in [2.24, 2.45) is 0 Å². The summed E-state index contributed by atoms with van der Waals surface area (Å²) in [6, 6.07) is 33.0. The molecule has 0 aliphatic heterocycles. The molecule has 0 aromatic heterocycles. The zero-order valence-electron chi connectivity index (χ0n) is 33.7. The van der Waals surface area contributed by atoms with Crippen LogP contribution in [-0.4, -0.2) is 73.4 Å². The molecule has 0 unspecified atom stereocenters. The first-order valence-corrected chi connectivity index (χ1v) is 21.6. The van der Waals surface area contributed by atoms with Gasteiger partial charge in [0.2, 0.25) is 0 Å². The molecule has 338 valence electrons. The Morgan fingerprint density at radius 3 is 0.682 bits per heavy atom. The van der Waals surface area contributed by atoms with Crippen molar-refractivity contribution in [2.45, 2.75) is 24.4 Å². The lowest BCUT2D eigenvalue weighted by Crippen LogP contribution is -2.54. The Labute approximate surface area is 407 Å². The number of hydrogen-bond donors (Lipinski definition) is 0. The number of rotatable bonds is 17. The molecule has 6 aromatic carbocycles. The predicted octanol–water partition coefficient (Wildman–Crippen LogP) is 11.5. The number of carbonyl (C=O) groups excluding carboxylic acids is 6. The summed E-state index contributed by atoms with van der Waals surface area (Å²) in [5, 5.41) is 1.72. The maximum absolute atomic E-state index is 14.2. The van der Waals surface area contributed by atoms with Gasteiger partial charge in [-0.15, -0.1) is 0 Å². The first-order chi connectivity index (χ1) is 31.6. The first kappa shape index (κ1) is 49.3. The van der Waals surface area contributed by atoms with Crippen LogP contribution >= 0.6 is 69.6 Å². The predicted molar refractivity (Wildman–Crippen MR) is 246 cm³/mol. The summed E-state index contributed by atoms with van der Waals surface area (Å²) in [5.41, 5.74) is -0.283. The van der Waals surface area contributed by atoms with Crippen molar-refractivity contribution in [3.05, 3.63) is 209 Å². The largest absolute Gasteiger partial charge is 0.458 e. The van der Waals surface area contributed by atoms with E-state index in [1.54, 1.807) is 0 Å². The average molecular weight is 1010 g/mol. The molecule has 0 saturated carbocycles. The second kappa shape index (κ2) is 23.4. The summed E-state index contributed by atoms with van der Waals surface area (Å²) in [6.45, 7) is -1.78. The Morgan fingerprint density at radius 2 is 0.470 bits per heavy atom. The van der Waals surface area contributed by atoms with Crippen molar-refractivity contribution in [3.63, 3.8) is 0 Å². The zero-order valence-corrected chi connectivity index (χ0v) is 38.3. The van der Waals surface area contributed by atoms with Gasteiger partial charge in [-0.1, -0.05) is 69.6 Å². The molecule has 0 N–H and O–H groups in total. The highest BCUT2D eigenvalue weighted by Gasteiger charge is 2.46. The third-order valence-electron chi connectivity index (χ3n) is 9.30. The molecule has 6 aromatic rings. The van der Waals surface area contributed by atoms with Gasteiger partial charge in [0.1, 0.15) is 13.2 Å². The summed E-state index contributed by atoms with van der Waals surface area (Å²) >= 11 is 36.5. The fourth-order valence-corrected chi connectivity index (χ4v) is 6.65. The van der Waals surface area contributed by atoms with Crippen LogP contribution in [0.25, 0.3) is 0 Å². The summed E-state index contributed by atoms with van der Waals surface area (Å²) in [4.78, 5) is 83.5. The highest BCUT2D eigenvalue weighted by atomic mass is 35.5. The molecule has 0 spiro atoms. The van der Waals surface area contributed by atoms with Crippen molar-refractivity contribution in [3.8, 4) is 0 Å². The average Bonchev–Trinajstić information content (AvgIpc) is 3.31. The minimum Gasteiger partial charge on any atom is -0.458 e. The van der Waals surface area contributed by atoms with Crippen LogP contribution in [0.4, 0.5) is 0 Å². The molecule has 0 aliphatic rings. The molecule has 66 heavy (non-hydrogen) atoms. The van der Waals surface area contributed by atoms with Crippen LogP contribution in [0.15, 0.2) is 146 Å². The molecule has 0 bridgehead atoms. The molecule has 0 amide bonds. The van der Waals surface area contributed by atoms with Gasteiger partial charge in [-0.25, -0.2) is 28.8 Å². The minimum absolute atomic E-state index is 0.0199. The standard InChI is InChI=1S/C48H32Cl6O12/c49-33-13-1-27(2-14-33)43(55)61-25-39(63-45(57)29-5-17-35(51)18-6-29)41(65-47(59)31-9-21-37(53)22-10-31)42(66-48(60)32-11-23-38(54)24-12-32)40(64-46(58)30-7-19-36(52)20-8-30)26-62-44(56)28-3-15-34(50)16-4-28/h1-24,39-42H,25-26H2/t39-,40+,41-,42-/m1/s1. The van der Waals surface area contributed by atoms with Gasteiger partial charge in [0.05, 0.1) is 33.4 Å². The first-order valence-electron chi connectivity index (χ1n) is 19.3. The highest BCUT2D eigenvalue weighted by molar-refractivity contribution is 6.32. The van der Waals surface area contributed by atoms with E-state index in [-0.39, 0.29) is 53.5 Å². The lowest BCUT2D eigenvalue weighted by Gasteiger charge is -2.35. The maximum atomic E-state index is 14.2. The number of ether oxygens (including phenoxy) is 6. The molecular weight excluding hydrogens is 981 g/mol. The van der Waals surface area contributed by atoms with E-state index < -0.39 is 73.4 Å². The van der Waals surface area contributed by atoms with E-state index >= 15 is 0 Å². The van der Waals surface area contributed by atoms with E-state index in [0.29, 0.717) is 10.0 Å². The van der Waals surface area contributed by atoms with Crippen molar-refractivity contribution in [2.75, 3.05) is 13.2 Å². The van der Waals surface area contributed by atoms with E-state index in [0.717, 1.165) is 0 Å². The number of benzene rings is 6. The fraction of sp³-hybridized carbons (Fsp3) is 0.125. The van der Waals surface area contributed by atoms with Crippen LogP contribution in [0.1, 0.15) is 62.1 Å². The van der Waals surface area contributed by atoms with E-state index in [9.17, 15) is 28.8 Å². The van der Waals surface area contributed by atoms with Crippen molar-refractivity contribution >= 4 is 105 Å². The molecule has 0 fully saturated rings. The van der Waals surface area contributed by atoms with Gasteiger partial charge in [-0.3, -0.25) is 0 Å². The topological polar surface area (TPSA) is 158 Å². The monoisotopic (exact) mass is 1010 g/mol. The van der Waals surface area contributed by atoms with E-state index in [1.165, 1.54) is 146 Å². The Bertz CT molecular complexity index is 2480. The summed E-state index contributed by atoms with van der Waals surface area (Å²) < 4.78 is 35.5. The third kappa shape index (κ3) is 13.9. The number of carbonyl (C=O) groups is 6. The highest BCUT2D eigenvalue weighted by Crippen LogP contribution is 2.27. The maximum Gasteiger partial charge on any atom is 0.338 e. The van der Waals surface area contributed by atoms with Gasteiger partial charge in [-0.2, -0.15) is 0 Å². The SMILES string of the molecule is O=C(OC[C@H](OC(=O)c1ccc(Cl)cc1)[C@@H](OC(=O)c1ccc(Cl)cc1)[C@H](OC(=O)c1ccc(Cl)cc1)[C@@H](COC(=O)c1ccc(Cl)cc1)OC(=O)c1ccc(Cl)cc1)c1ccc(Cl)cc1. The third-order valence-corrected chi connectivity index (χ3v) is 10.8. The van der Waals surface area contributed by atoms with E-state index in [4.69, 9.17) is 98.0 Å². The fourth-order valence-electron chi connectivity index (χ4n) is 5.89. The second-order valence-corrected chi connectivity index (χ2v) is 16.5. The number of halogens is 6.